The zero-order valence-electron chi connectivity index (χ0n) is 24.2. The molecule has 0 spiro atoms. The molecule has 4 rings (SSSR count). The Balaban J connectivity index is 1.50. The molecule has 1 aliphatic heterocycles. The first-order chi connectivity index (χ1) is 20.2. The van der Waals surface area contributed by atoms with Crippen molar-refractivity contribution in [2.24, 2.45) is 0 Å². The van der Waals surface area contributed by atoms with Crippen LogP contribution in [0.15, 0.2) is 47.6 Å². The molecule has 1 amide bonds. The predicted octanol–water partition coefficient (Wildman–Crippen LogP) is 5.19. The lowest BCUT2D eigenvalue weighted by Gasteiger charge is -2.19. The lowest BCUT2D eigenvalue weighted by Crippen LogP contribution is -2.33. The Morgan fingerprint density at radius 1 is 1.21 bits per heavy atom. The monoisotopic (exact) mass is 617 g/mol. The first kappa shape index (κ1) is 32.1. The number of halogens is 2. The van der Waals surface area contributed by atoms with E-state index in [0.717, 1.165) is 19.6 Å². The van der Waals surface area contributed by atoms with E-state index < -0.39 is 11.6 Å². The van der Waals surface area contributed by atoms with Crippen molar-refractivity contribution in [1.29, 1.82) is 0 Å². The molecule has 1 unspecified atom stereocenters. The van der Waals surface area contributed by atoms with E-state index in [1.165, 1.54) is 30.0 Å². The van der Waals surface area contributed by atoms with E-state index in [2.05, 4.69) is 43.0 Å². The van der Waals surface area contributed by atoms with Crippen LogP contribution in [0.4, 0.5) is 21.6 Å². The van der Waals surface area contributed by atoms with E-state index in [4.69, 9.17) is 21.1 Å². The summed E-state index contributed by atoms with van der Waals surface area (Å²) in [6, 6.07) is 9.54. The number of nitrogens with zero attached hydrogens (tertiary/aromatic N) is 4. The fraction of sp³-hybridized carbons (Fsp3) is 0.448. The number of hydrogen-bond acceptors (Lipinski definition) is 10. The van der Waals surface area contributed by atoms with Crippen LogP contribution in [-0.2, 0) is 14.3 Å². The average Bonchev–Trinajstić information content (AvgIpc) is 3.32. The van der Waals surface area contributed by atoms with Crippen molar-refractivity contribution in [3.8, 4) is 11.3 Å². The molecule has 3 aromatic rings. The molecule has 42 heavy (non-hydrogen) atoms. The SMILES string of the molecule is CCN(CCNC)CCC(=O)Nc1cc(Nc2cc(-c3cc(Cl)ccc3F)nnc2SCC2COC(C)(C)O2)ccn1. The number of amides is 1. The number of benzene rings is 1. The molecule has 3 N–H and O–H groups in total. The van der Waals surface area contributed by atoms with Gasteiger partial charge in [0.25, 0.3) is 0 Å². The third-order valence-electron chi connectivity index (χ3n) is 6.52. The lowest BCUT2D eigenvalue weighted by atomic mass is 10.1. The topological polar surface area (TPSA) is 114 Å². The predicted molar refractivity (Wildman–Crippen MR) is 165 cm³/mol. The zero-order valence-corrected chi connectivity index (χ0v) is 25.8. The molecule has 1 saturated heterocycles. The van der Waals surface area contributed by atoms with Gasteiger partial charge in [0.2, 0.25) is 5.91 Å². The van der Waals surface area contributed by atoms with Crippen LogP contribution in [0, 0.1) is 5.82 Å². The van der Waals surface area contributed by atoms with Gasteiger partial charge >= 0.3 is 0 Å². The number of pyridine rings is 1. The van der Waals surface area contributed by atoms with Crippen LogP contribution in [0.3, 0.4) is 0 Å². The molecule has 3 heterocycles. The van der Waals surface area contributed by atoms with Gasteiger partial charge in [-0.25, -0.2) is 9.37 Å². The van der Waals surface area contributed by atoms with Gasteiger partial charge < -0.3 is 30.3 Å². The highest BCUT2D eigenvalue weighted by Gasteiger charge is 2.32. The molecule has 1 aromatic carbocycles. The van der Waals surface area contributed by atoms with Crippen molar-refractivity contribution in [1.82, 2.24) is 25.4 Å². The maximum atomic E-state index is 14.7. The first-order valence-electron chi connectivity index (χ1n) is 13.8. The van der Waals surface area contributed by atoms with Crippen LogP contribution in [0.1, 0.15) is 27.2 Å². The van der Waals surface area contributed by atoms with Crippen LogP contribution in [0.5, 0.6) is 0 Å². The maximum absolute atomic E-state index is 14.7. The third-order valence-corrected chi connectivity index (χ3v) is 7.87. The van der Waals surface area contributed by atoms with Gasteiger partial charge in [0, 0.05) is 60.3 Å². The Hall–Kier alpha value is -2.87. The summed E-state index contributed by atoms with van der Waals surface area (Å²) in [6.07, 6.45) is 1.84. The number of ether oxygens (including phenoxy) is 2. The van der Waals surface area contributed by atoms with E-state index in [9.17, 15) is 9.18 Å². The molecule has 10 nitrogen and oxygen atoms in total. The van der Waals surface area contributed by atoms with E-state index in [1.54, 1.807) is 24.4 Å². The number of nitrogens with one attached hydrogen (secondary N) is 3. The summed E-state index contributed by atoms with van der Waals surface area (Å²) >= 11 is 7.59. The normalized spacial score (nSPS) is 16.1. The van der Waals surface area contributed by atoms with E-state index in [1.807, 2.05) is 20.9 Å². The van der Waals surface area contributed by atoms with Crippen molar-refractivity contribution < 1.29 is 18.7 Å². The molecule has 0 bridgehead atoms. The van der Waals surface area contributed by atoms with E-state index in [-0.39, 0.29) is 17.6 Å². The highest BCUT2D eigenvalue weighted by Crippen LogP contribution is 2.34. The molecule has 0 radical (unpaired) electrons. The van der Waals surface area contributed by atoms with Crippen LogP contribution in [0.25, 0.3) is 11.3 Å². The minimum Gasteiger partial charge on any atom is -0.353 e. The fourth-order valence-electron chi connectivity index (χ4n) is 4.31. The summed E-state index contributed by atoms with van der Waals surface area (Å²) in [6.45, 7) is 9.56. The highest BCUT2D eigenvalue weighted by molar-refractivity contribution is 7.99. The zero-order chi connectivity index (χ0) is 30.1. The molecule has 1 atom stereocenters. The highest BCUT2D eigenvalue weighted by atomic mass is 35.5. The quantitative estimate of drug-likeness (QED) is 0.209. The van der Waals surface area contributed by atoms with Crippen molar-refractivity contribution in [3.63, 3.8) is 0 Å². The number of thioether (sulfide) groups is 1. The van der Waals surface area contributed by atoms with Gasteiger partial charge in [0.1, 0.15) is 16.7 Å². The number of carbonyl (C=O) groups is 1. The van der Waals surface area contributed by atoms with Crippen LogP contribution >= 0.6 is 23.4 Å². The number of anilines is 3. The molecular weight excluding hydrogens is 581 g/mol. The molecule has 0 saturated carbocycles. The van der Waals surface area contributed by atoms with Gasteiger partial charge in [0.15, 0.2) is 5.79 Å². The van der Waals surface area contributed by atoms with Crippen LogP contribution < -0.4 is 16.0 Å². The standard InChI is InChI=1S/C29H37ClFN7O3S/c1-5-38(13-11-32-4)12-9-27(39)35-26-15-20(8-10-33-26)34-25-16-24(22-14-19(30)6-7-23(22)31)36-37-28(25)42-18-21-17-40-29(2,3)41-21/h6-8,10,14-16,21,32H,5,9,11-13,17-18H2,1-4H3,(H2,33,34,35,36,39). The largest absolute Gasteiger partial charge is 0.353 e. The number of carbonyl (C=O) groups excluding carboxylic acids is 1. The Kier molecular flexibility index (Phi) is 11.5. The van der Waals surface area contributed by atoms with Gasteiger partial charge in [-0.1, -0.05) is 30.3 Å². The maximum Gasteiger partial charge on any atom is 0.226 e. The Labute approximate surface area is 255 Å². The molecule has 13 heteroatoms. The smallest absolute Gasteiger partial charge is 0.226 e. The second-order valence-electron chi connectivity index (χ2n) is 10.2. The number of likely N-dealkylation sites (N-methyl/N-ethyl adjacent to an activating group) is 2. The van der Waals surface area contributed by atoms with Gasteiger partial charge in [-0.05, 0) is 57.8 Å². The molecule has 2 aromatic heterocycles. The average molecular weight is 618 g/mol. The molecule has 0 aliphatic carbocycles. The van der Waals surface area contributed by atoms with Crippen molar-refractivity contribution >= 4 is 46.5 Å². The van der Waals surface area contributed by atoms with Gasteiger partial charge in [-0.15, -0.1) is 10.2 Å². The van der Waals surface area contributed by atoms with Crippen molar-refractivity contribution in [3.05, 3.63) is 53.4 Å². The fourth-order valence-corrected chi connectivity index (χ4v) is 5.36. The van der Waals surface area contributed by atoms with Gasteiger partial charge in [0.05, 0.1) is 24.1 Å². The third kappa shape index (κ3) is 9.32. The van der Waals surface area contributed by atoms with Gasteiger partial charge in [-0.3, -0.25) is 4.79 Å². The van der Waals surface area contributed by atoms with E-state index in [0.29, 0.717) is 58.3 Å². The summed E-state index contributed by atoms with van der Waals surface area (Å²) in [5.41, 5.74) is 1.83. The summed E-state index contributed by atoms with van der Waals surface area (Å²) in [5, 5.41) is 19.0. The molecule has 1 fully saturated rings. The molecule has 226 valence electrons. The lowest BCUT2D eigenvalue weighted by molar-refractivity contribution is -0.135. The summed E-state index contributed by atoms with van der Waals surface area (Å²) in [4.78, 5) is 19.2. The number of rotatable bonds is 14. The van der Waals surface area contributed by atoms with Crippen molar-refractivity contribution in [2.75, 3.05) is 56.2 Å². The van der Waals surface area contributed by atoms with Crippen molar-refractivity contribution in [2.45, 2.75) is 44.1 Å². The minimum absolute atomic E-state index is 0.116. The Morgan fingerprint density at radius 3 is 2.79 bits per heavy atom. The van der Waals surface area contributed by atoms with Crippen LogP contribution in [0.2, 0.25) is 5.02 Å². The summed E-state index contributed by atoms with van der Waals surface area (Å²) in [5.74, 6) is -0.214. The van der Waals surface area contributed by atoms with Gasteiger partial charge in [-0.2, -0.15) is 0 Å². The first-order valence-corrected chi connectivity index (χ1v) is 15.2. The second kappa shape index (κ2) is 15.0. The van der Waals surface area contributed by atoms with E-state index >= 15 is 0 Å². The number of aromatic nitrogens is 3. The summed E-state index contributed by atoms with van der Waals surface area (Å²) in [7, 11) is 1.91. The Bertz CT molecular complexity index is 1370. The molecule has 1 aliphatic rings. The second-order valence-corrected chi connectivity index (χ2v) is 11.7. The van der Waals surface area contributed by atoms with Crippen LogP contribution in [-0.4, -0.2) is 83.5 Å². The summed E-state index contributed by atoms with van der Waals surface area (Å²) < 4.78 is 26.3. The minimum atomic E-state index is -0.634. The Morgan fingerprint density at radius 2 is 2.05 bits per heavy atom. The molecular formula is C29H37ClFN7O3S. The number of hydrogen-bond donors (Lipinski definition) is 3.